The Morgan fingerprint density at radius 1 is 1.30 bits per heavy atom. The van der Waals surface area contributed by atoms with Crippen LogP contribution >= 0.6 is 0 Å². The van der Waals surface area contributed by atoms with Crippen LogP contribution in [0.2, 0.25) is 0 Å². The highest BCUT2D eigenvalue weighted by atomic mass is 16.5. The van der Waals surface area contributed by atoms with Gasteiger partial charge < -0.3 is 20.6 Å². The van der Waals surface area contributed by atoms with E-state index in [0.717, 1.165) is 30.2 Å². The lowest BCUT2D eigenvalue weighted by Crippen LogP contribution is -2.46. The standard InChI is InChI=1S/C14H20N5O/c1-18(2)7-6-15-14-16-12-8-10-4-3-5-11(10)9-13(12)19(20)17-14/h8-9H,3-7H2,1-2H3,(H2,15,16,17)/q-1. The maximum Gasteiger partial charge on any atom is 0.214 e. The molecule has 0 saturated carbocycles. The van der Waals surface area contributed by atoms with Gasteiger partial charge in [0.1, 0.15) is 0 Å². The number of rotatable bonds is 3. The molecule has 1 heterocycles. The molecule has 0 unspecified atom stereocenters. The molecule has 0 aromatic heterocycles. The number of likely N-dealkylation sites (N-methyl/N-ethyl adjacent to an activating group) is 1. The molecule has 1 aliphatic heterocycles. The zero-order valence-corrected chi connectivity index (χ0v) is 11.9. The third-order valence-electron chi connectivity index (χ3n) is 3.71. The van der Waals surface area contributed by atoms with Crippen LogP contribution in [-0.4, -0.2) is 38.0 Å². The fourth-order valence-electron chi connectivity index (χ4n) is 2.63. The molecule has 3 rings (SSSR count). The van der Waals surface area contributed by atoms with E-state index in [1.807, 2.05) is 20.2 Å². The Morgan fingerprint density at radius 2 is 2.05 bits per heavy atom. The van der Waals surface area contributed by atoms with E-state index in [2.05, 4.69) is 26.7 Å². The molecule has 0 atom stereocenters. The van der Waals surface area contributed by atoms with E-state index in [1.165, 1.54) is 17.5 Å². The molecule has 0 saturated heterocycles. The van der Waals surface area contributed by atoms with Gasteiger partial charge in [-0.15, -0.1) is 0 Å². The molecule has 1 aromatic rings. The number of nitrogens with one attached hydrogen (secondary N) is 2. The minimum absolute atomic E-state index is 0.521. The maximum atomic E-state index is 12.1. The number of nitrogens with zero attached hydrogens (tertiary/aromatic N) is 3. The van der Waals surface area contributed by atoms with Crippen molar-refractivity contribution in [3.8, 4) is 0 Å². The summed E-state index contributed by atoms with van der Waals surface area (Å²) in [4.78, 5) is 6.44. The second-order valence-electron chi connectivity index (χ2n) is 5.56. The van der Waals surface area contributed by atoms with Crippen LogP contribution in [0.25, 0.3) is 0 Å². The van der Waals surface area contributed by atoms with Gasteiger partial charge in [0, 0.05) is 6.54 Å². The lowest BCUT2D eigenvalue weighted by Gasteiger charge is -2.38. The van der Waals surface area contributed by atoms with Crippen LogP contribution in [0.15, 0.2) is 17.1 Å². The molecule has 1 aromatic carbocycles. The molecule has 2 aliphatic rings. The molecule has 0 bridgehead atoms. The van der Waals surface area contributed by atoms with E-state index in [1.54, 1.807) is 0 Å². The van der Waals surface area contributed by atoms with Crippen LogP contribution < -0.4 is 15.9 Å². The molecule has 0 radical (unpaired) electrons. The number of fused-ring (bicyclic) bond motifs is 2. The van der Waals surface area contributed by atoms with Crippen molar-refractivity contribution in [1.29, 1.82) is 0 Å². The van der Waals surface area contributed by atoms with Gasteiger partial charge in [-0.3, -0.25) is 10.4 Å². The van der Waals surface area contributed by atoms with E-state index in [0.29, 0.717) is 18.2 Å². The van der Waals surface area contributed by atoms with Gasteiger partial charge in [-0.05, 0) is 56.6 Å². The summed E-state index contributed by atoms with van der Waals surface area (Å²) < 4.78 is 0. The van der Waals surface area contributed by atoms with Crippen LogP contribution in [-0.2, 0) is 12.8 Å². The average Bonchev–Trinajstić information content (AvgIpc) is 2.83. The summed E-state index contributed by atoms with van der Waals surface area (Å²) in [7, 11) is 4.00. The van der Waals surface area contributed by atoms with Gasteiger partial charge in [0.05, 0.1) is 17.9 Å². The predicted molar refractivity (Wildman–Crippen MR) is 81.9 cm³/mol. The predicted octanol–water partition coefficient (Wildman–Crippen LogP) is 1.33. The number of hydrogen-bond acceptors (Lipinski definition) is 4. The Bertz CT molecular complexity index is 541. The molecule has 20 heavy (non-hydrogen) atoms. The highest BCUT2D eigenvalue weighted by Gasteiger charge is 2.19. The monoisotopic (exact) mass is 274 g/mol. The Kier molecular flexibility index (Phi) is 3.50. The summed E-state index contributed by atoms with van der Waals surface area (Å²) >= 11 is 0. The number of hydrazine groups is 1. The van der Waals surface area contributed by atoms with Gasteiger partial charge in [0.2, 0.25) is 5.96 Å². The first-order valence-electron chi connectivity index (χ1n) is 6.99. The summed E-state index contributed by atoms with van der Waals surface area (Å²) in [6, 6.07) is 4.08. The molecule has 6 heteroatoms. The van der Waals surface area contributed by atoms with Gasteiger partial charge in [0.15, 0.2) is 0 Å². The van der Waals surface area contributed by atoms with Crippen molar-refractivity contribution >= 4 is 17.3 Å². The highest BCUT2D eigenvalue weighted by molar-refractivity contribution is 6.01. The topological polar surface area (TPSA) is 66.0 Å². The van der Waals surface area contributed by atoms with Crippen molar-refractivity contribution in [2.75, 3.05) is 37.7 Å². The van der Waals surface area contributed by atoms with Crippen LogP contribution in [0, 0.1) is 5.21 Å². The van der Waals surface area contributed by atoms with Crippen LogP contribution in [0.1, 0.15) is 17.5 Å². The first kappa shape index (κ1) is 13.2. The van der Waals surface area contributed by atoms with Crippen molar-refractivity contribution in [1.82, 2.24) is 10.3 Å². The van der Waals surface area contributed by atoms with Gasteiger partial charge in [-0.1, -0.05) is 0 Å². The van der Waals surface area contributed by atoms with Gasteiger partial charge in [-0.25, -0.2) is 0 Å². The number of anilines is 2. The third kappa shape index (κ3) is 2.57. The van der Waals surface area contributed by atoms with E-state index >= 15 is 0 Å². The lowest BCUT2D eigenvalue weighted by molar-refractivity contribution is 0.420. The second kappa shape index (κ2) is 5.30. The molecule has 2 N–H and O–H groups in total. The summed E-state index contributed by atoms with van der Waals surface area (Å²) in [6.07, 6.45) is 3.35. The number of aryl methyl sites for hydroxylation is 2. The Morgan fingerprint density at radius 3 is 2.80 bits per heavy atom. The smallest absolute Gasteiger partial charge is 0.214 e. The fourth-order valence-corrected chi connectivity index (χ4v) is 2.63. The van der Waals surface area contributed by atoms with Gasteiger partial charge >= 0.3 is 0 Å². The molecule has 0 spiro atoms. The largest absolute Gasteiger partial charge is 0.739 e. The molecule has 108 valence electrons. The summed E-state index contributed by atoms with van der Waals surface area (Å²) in [6.45, 7) is 1.50. The number of aliphatic imine (C=N–C) groups is 1. The average molecular weight is 274 g/mol. The highest BCUT2D eigenvalue weighted by Crippen LogP contribution is 2.34. The summed E-state index contributed by atoms with van der Waals surface area (Å²) in [5, 5.41) is 16.1. The number of guanidine groups is 1. The Hall–Kier alpha value is -1.79. The first-order valence-corrected chi connectivity index (χ1v) is 6.99. The van der Waals surface area contributed by atoms with Crippen molar-refractivity contribution in [3.63, 3.8) is 0 Å². The number of benzene rings is 1. The Balaban J connectivity index is 1.80. The third-order valence-corrected chi connectivity index (χ3v) is 3.71. The minimum Gasteiger partial charge on any atom is -0.739 e. The molecular formula is C14H20N5O-. The molecule has 6 nitrogen and oxygen atoms in total. The summed E-state index contributed by atoms with van der Waals surface area (Å²) in [5.74, 6) is 0.521. The first-order chi connectivity index (χ1) is 9.63. The van der Waals surface area contributed by atoms with Gasteiger partial charge in [-0.2, -0.15) is 0 Å². The van der Waals surface area contributed by atoms with Crippen LogP contribution in [0.4, 0.5) is 11.4 Å². The quantitative estimate of drug-likeness (QED) is 0.870. The zero-order chi connectivity index (χ0) is 14.1. The van der Waals surface area contributed by atoms with Crippen molar-refractivity contribution in [2.45, 2.75) is 19.3 Å². The fraction of sp³-hybridized carbons (Fsp3) is 0.500. The maximum absolute atomic E-state index is 12.1. The van der Waals surface area contributed by atoms with E-state index in [9.17, 15) is 5.21 Å². The second-order valence-corrected chi connectivity index (χ2v) is 5.56. The Labute approximate surface area is 119 Å². The van der Waals surface area contributed by atoms with Gasteiger partial charge in [0.25, 0.3) is 0 Å². The summed E-state index contributed by atoms with van der Waals surface area (Å²) in [5.41, 5.74) is 6.88. The number of hydrogen-bond donors (Lipinski definition) is 2. The van der Waals surface area contributed by atoms with Crippen LogP contribution in [0.3, 0.4) is 0 Å². The SMILES string of the molecule is CN(C)CCN=C1Nc2cc3c(cc2N([O-])N1)CCC3. The van der Waals surface area contributed by atoms with E-state index in [4.69, 9.17) is 0 Å². The molecule has 0 amide bonds. The minimum atomic E-state index is 0.521. The van der Waals surface area contributed by atoms with E-state index < -0.39 is 0 Å². The van der Waals surface area contributed by atoms with Crippen molar-refractivity contribution in [2.24, 2.45) is 4.99 Å². The van der Waals surface area contributed by atoms with E-state index in [-0.39, 0.29) is 0 Å². The molecular weight excluding hydrogens is 254 g/mol. The molecule has 0 fully saturated rings. The lowest BCUT2D eigenvalue weighted by atomic mass is 10.1. The zero-order valence-electron chi connectivity index (χ0n) is 11.9. The van der Waals surface area contributed by atoms with Crippen molar-refractivity contribution < 1.29 is 0 Å². The normalized spacial score (nSPS) is 18.8. The van der Waals surface area contributed by atoms with Crippen molar-refractivity contribution in [3.05, 3.63) is 28.5 Å². The van der Waals surface area contributed by atoms with Crippen LogP contribution in [0.5, 0.6) is 0 Å². The molecule has 1 aliphatic carbocycles.